The monoisotopic (exact) mass is 356 g/mol. The highest BCUT2D eigenvalue weighted by molar-refractivity contribution is 7.99. The van der Waals surface area contributed by atoms with Gasteiger partial charge in [0.25, 0.3) is 10.8 Å². The van der Waals surface area contributed by atoms with Gasteiger partial charge in [-0.3, -0.25) is 4.79 Å². The average Bonchev–Trinajstić information content (AvgIpc) is 3.12. The molecule has 25 heavy (non-hydrogen) atoms. The van der Waals surface area contributed by atoms with Crippen molar-refractivity contribution in [2.75, 3.05) is 5.75 Å². The minimum Gasteiger partial charge on any atom is -0.416 e. The first-order valence-electron chi connectivity index (χ1n) is 8.74. The van der Waals surface area contributed by atoms with E-state index in [1.54, 1.807) is 6.07 Å². The maximum Gasteiger partial charge on any atom is 0.276 e. The second-order valence-corrected chi connectivity index (χ2v) is 7.42. The number of thioether (sulfide) groups is 1. The number of hydrogen-bond donors (Lipinski definition) is 1. The highest BCUT2D eigenvalue weighted by atomic mass is 32.2. The third-order valence-electron chi connectivity index (χ3n) is 4.60. The summed E-state index contributed by atoms with van der Waals surface area (Å²) in [5.74, 6) is 2.62. The molecular formula is C18H20N4O2S. The molecule has 0 bridgehead atoms. The number of benzene rings is 1. The maximum atomic E-state index is 12.1. The Morgan fingerprint density at radius 1 is 1.16 bits per heavy atom. The van der Waals surface area contributed by atoms with Crippen molar-refractivity contribution in [3.63, 3.8) is 0 Å². The molecule has 1 aliphatic rings. The van der Waals surface area contributed by atoms with Crippen molar-refractivity contribution in [1.29, 1.82) is 0 Å². The van der Waals surface area contributed by atoms with Crippen LogP contribution >= 0.6 is 11.8 Å². The molecule has 1 aromatic carbocycles. The topological polar surface area (TPSA) is 84.7 Å². The zero-order valence-corrected chi connectivity index (χ0v) is 14.7. The molecule has 130 valence electrons. The highest BCUT2D eigenvalue weighted by Gasteiger charge is 2.21. The summed E-state index contributed by atoms with van der Waals surface area (Å²) < 4.78 is 5.80. The minimum absolute atomic E-state index is 0.0945. The van der Waals surface area contributed by atoms with Gasteiger partial charge in [0.05, 0.1) is 10.9 Å². The molecule has 6 nitrogen and oxygen atoms in total. The molecule has 0 saturated heterocycles. The van der Waals surface area contributed by atoms with Crippen LogP contribution in [0.1, 0.15) is 49.7 Å². The van der Waals surface area contributed by atoms with Gasteiger partial charge in [-0.2, -0.15) is 0 Å². The fraction of sp³-hybridized carbons (Fsp3) is 0.444. The normalized spacial score (nSPS) is 15.7. The minimum atomic E-state index is -0.0945. The molecule has 0 radical (unpaired) electrons. The molecule has 1 fully saturated rings. The Morgan fingerprint density at radius 3 is 2.88 bits per heavy atom. The van der Waals surface area contributed by atoms with Gasteiger partial charge in [0.15, 0.2) is 0 Å². The molecule has 2 aromatic heterocycles. The van der Waals surface area contributed by atoms with E-state index < -0.39 is 0 Å². The molecule has 0 unspecified atom stereocenters. The van der Waals surface area contributed by atoms with Crippen LogP contribution in [0.2, 0.25) is 0 Å². The molecule has 7 heteroatoms. The van der Waals surface area contributed by atoms with E-state index in [1.807, 2.05) is 18.2 Å². The Bertz CT molecular complexity index is 915. The van der Waals surface area contributed by atoms with Crippen molar-refractivity contribution in [3.05, 3.63) is 46.3 Å². The summed E-state index contributed by atoms with van der Waals surface area (Å²) in [6, 6.07) is 7.37. The van der Waals surface area contributed by atoms with Crippen molar-refractivity contribution in [2.45, 2.75) is 49.7 Å². The summed E-state index contributed by atoms with van der Waals surface area (Å²) in [6.45, 7) is 0. The summed E-state index contributed by atoms with van der Waals surface area (Å²) >= 11 is 1.51. The van der Waals surface area contributed by atoms with E-state index in [9.17, 15) is 4.79 Å². The lowest BCUT2D eigenvalue weighted by molar-refractivity contribution is 0.334. The van der Waals surface area contributed by atoms with Gasteiger partial charge in [-0.05, 0) is 25.0 Å². The third-order valence-corrected chi connectivity index (χ3v) is 5.42. The fourth-order valence-corrected chi connectivity index (χ4v) is 3.99. The SMILES string of the molecule is O=c1[nH]c(CCSc2nnc(C3CCCCC3)o2)nc2ccccc12. The van der Waals surface area contributed by atoms with Crippen molar-refractivity contribution in [1.82, 2.24) is 20.2 Å². The van der Waals surface area contributed by atoms with E-state index in [2.05, 4.69) is 20.2 Å². The van der Waals surface area contributed by atoms with Crippen LogP contribution in [0.5, 0.6) is 0 Å². The number of aromatic amines is 1. The second-order valence-electron chi connectivity index (χ2n) is 6.37. The Labute approximate surface area is 149 Å². The quantitative estimate of drug-likeness (QED) is 0.702. The molecule has 1 saturated carbocycles. The molecule has 4 rings (SSSR count). The van der Waals surface area contributed by atoms with Gasteiger partial charge in [-0.15, -0.1) is 10.2 Å². The summed E-state index contributed by atoms with van der Waals surface area (Å²) in [5, 5.41) is 9.57. The van der Waals surface area contributed by atoms with E-state index in [-0.39, 0.29) is 5.56 Å². The van der Waals surface area contributed by atoms with Gasteiger partial charge >= 0.3 is 0 Å². The summed E-state index contributed by atoms with van der Waals surface area (Å²) in [4.78, 5) is 19.4. The van der Waals surface area contributed by atoms with Crippen molar-refractivity contribution >= 4 is 22.7 Å². The van der Waals surface area contributed by atoms with E-state index in [4.69, 9.17) is 4.42 Å². The van der Waals surface area contributed by atoms with Crippen molar-refractivity contribution in [3.8, 4) is 0 Å². The number of aryl methyl sites for hydroxylation is 1. The number of rotatable bonds is 5. The number of H-pyrrole nitrogens is 1. The van der Waals surface area contributed by atoms with Gasteiger partial charge in [-0.25, -0.2) is 4.98 Å². The zero-order valence-electron chi connectivity index (χ0n) is 13.9. The first-order valence-corrected chi connectivity index (χ1v) is 9.72. The lowest BCUT2D eigenvalue weighted by Gasteiger charge is -2.17. The molecule has 0 amide bonds. The van der Waals surface area contributed by atoms with Crippen LogP contribution in [0.25, 0.3) is 10.9 Å². The van der Waals surface area contributed by atoms with Gasteiger partial charge in [0.2, 0.25) is 5.89 Å². The van der Waals surface area contributed by atoms with Crippen LogP contribution in [-0.4, -0.2) is 25.9 Å². The predicted molar refractivity (Wildman–Crippen MR) is 96.9 cm³/mol. The number of nitrogens with one attached hydrogen (secondary N) is 1. The predicted octanol–water partition coefficient (Wildman–Crippen LogP) is 3.69. The average molecular weight is 356 g/mol. The van der Waals surface area contributed by atoms with Crippen LogP contribution in [0.3, 0.4) is 0 Å². The summed E-state index contributed by atoms with van der Waals surface area (Å²) in [7, 11) is 0. The number of nitrogens with zero attached hydrogens (tertiary/aromatic N) is 3. The molecule has 0 spiro atoms. The Morgan fingerprint density at radius 2 is 2.00 bits per heavy atom. The lowest BCUT2D eigenvalue weighted by Crippen LogP contribution is -2.12. The van der Waals surface area contributed by atoms with Crippen LogP contribution in [-0.2, 0) is 6.42 Å². The van der Waals surface area contributed by atoms with E-state index in [0.29, 0.717) is 28.8 Å². The number of aromatic nitrogens is 4. The van der Waals surface area contributed by atoms with Gasteiger partial charge in [0, 0.05) is 18.1 Å². The van der Waals surface area contributed by atoms with E-state index >= 15 is 0 Å². The van der Waals surface area contributed by atoms with E-state index in [1.165, 1.54) is 31.0 Å². The van der Waals surface area contributed by atoms with Crippen molar-refractivity contribution in [2.24, 2.45) is 0 Å². The first kappa shape index (κ1) is 16.3. The molecule has 1 N–H and O–H groups in total. The van der Waals surface area contributed by atoms with Gasteiger partial charge in [-0.1, -0.05) is 43.2 Å². The Hall–Kier alpha value is -2.15. The third kappa shape index (κ3) is 3.76. The highest BCUT2D eigenvalue weighted by Crippen LogP contribution is 2.32. The first-order chi connectivity index (χ1) is 12.3. The Kier molecular flexibility index (Phi) is 4.83. The zero-order chi connectivity index (χ0) is 17.1. The molecule has 1 aliphatic carbocycles. The molecule has 3 aromatic rings. The summed E-state index contributed by atoms with van der Waals surface area (Å²) in [6.07, 6.45) is 6.74. The second kappa shape index (κ2) is 7.39. The van der Waals surface area contributed by atoms with Crippen molar-refractivity contribution < 1.29 is 4.42 Å². The molecule has 0 aliphatic heterocycles. The number of fused-ring (bicyclic) bond motifs is 1. The lowest BCUT2D eigenvalue weighted by atomic mass is 9.89. The standard InChI is InChI=1S/C18H20N4O2S/c23-16-13-8-4-5-9-14(13)19-15(20-16)10-11-25-18-22-21-17(24-18)12-6-2-1-3-7-12/h4-5,8-9,12H,1-3,6-7,10-11H2,(H,19,20,23). The fourth-order valence-electron chi connectivity index (χ4n) is 3.28. The van der Waals surface area contributed by atoms with Gasteiger partial charge < -0.3 is 9.40 Å². The van der Waals surface area contributed by atoms with Crippen LogP contribution < -0.4 is 5.56 Å². The maximum absolute atomic E-state index is 12.1. The van der Waals surface area contributed by atoms with Crippen LogP contribution in [0, 0.1) is 0 Å². The number of para-hydroxylation sites is 1. The largest absolute Gasteiger partial charge is 0.416 e. The number of hydrogen-bond acceptors (Lipinski definition) is 6. The Balaban J connectivity index is 1.38. The molecule has 2 heterocycles. The van der Waals surface area contributed by atoms with Gasteiger partial charge in [0.1, 0.15) is 5.82 Å². The summed E-state index contributed by atoms with van der Waals surface area (Å²) in [5.41, 5.74) is 0.631. The smallest absolute Gasteiger partial charge is 0.276 e. The molecule has 0 atom stereocenters. The van der Waals surface area contributed by atoms with E-state index in [0.717, 1.165) is 30.0 Å². The van der Waals surface area contributed by atoms with Crippen LogP contribution in [0.15, 0.2) is 38.7 Å². The van der Waals surface area contributed by atoms with Crippen LogP contribution in [0.4, 0.5) is 0 Å². The molecular weight excluding hydrogens is 336 g/mol.